The van der Waals surface area contributed by atoms with Crippen LogP contribution in [0, 0.1) is 5.41 Å². The highest BCUT2D eigenvalue weighted by Crippen LogP contribution is 2.34. The molecule has 80 valence electrons. The van der Waals surface area contributed by atoms with Gasteiger partial charge in [-0.3, -0.25) is 0 Å². The zero-order valence-electron chi connectivity index (χ0n) is 7.13. The Morgan fingerprint density at radius 3 is 1.92 bits per heavy atom. The topological polar surface area (TPSA) is 0 Å². The van der Waals surface area contributed by atoms with Gasteiger partial charge in [-0.15, -0.1) is 23.2 Å². The predicted molar refractivity (Wildman–Crippen MR) is 52.7 cm³/mol. The van der Waals surface area contributed by atoms with Gasteiger partial charge in [-0.2, -0.15) is 13.2 Å². The molecular weight excluding hydrogens is 244 g/mol. The lowest BCUT2D eigenvalue weighted by Gasteiger charge is -2.23. The molecule has 6 heteroatoms. The molecular formula is C7H11Cl2F3S. The molecule has 0 bridgehead atoms. The van der Waals surface area contributed by atoms with E-state index < -0.39 is 5.51 Å². The summed E-state index contributed by atoms with van der Waals surface area (Å²) in [5, 5.41) is 0. The van der Waals surface area contributed by atoms with Crippen molar-refractivity contribution in [3.8, 4) is 0 Å². The number of alkyl halides is 5. The van der Waals surface area contributed by atoms with Crippen molar-refractivity contribution < 1.29 is 13.2 Å². The van der Waals surface area contributed by atoms with E-state index in [1.807, 2.05) is 0 Å². The summed E-state index contributed by atoms with van der Waals surface area (Å²) in [5.74, 6) is 0.587. The van der Waals surface area contributed by atoms with E-state index in [1.165, 1.54) is 0 Å². The Morgan fingerprint density at radius 2 is 1.62 bits per heavy atom. The molecule has 0 aliphatic heterocycles. The molecule has 0 aromatic rings. The molecule has 0 atom stereocenters. The van der Waals surface area contributed by atoms with Crippen LogP contribution in [0.5, 0.6) is 0 Å². The summed E-state index contributed by atoms with van der Waals surface area (Å²) in [4.78, 5) is 0. The summed E-state index contributed by atoms with van der Waals surface area (Å²) in [6.07, 6.45) is 0.379. The number of thioether (sulfide) groups is 1. The van der Waals surface area contributed by atoms with Crippen molar-refractivity contribution in [3.63, 3.8) is 0 Å². The fraction of sp³-hybridized carbons (Fsp3) is 1.00. The fourth-order valence-electron chi connectivity index (χ4n) is 0.583. The van der Waals surface area contributed by atoms with E-state index >= 15 is 0 Å². The Balaban J connectivity index is 3.74. The monoisotopic (exact) mass is 254 g/mol. The molecule has 0 aromatic heterocycles. The van der Waals surface area contributed by atoms with Crippen LogP contribution >= 0.6 is 35.0 Å². The van der Waals surface area contributed by atoms with E-state index in [0.29, 0.717) is 6.42 Å². The highest BCUT2D eigenvalue weighted by molar-refractivity contribution is 8.00. The summed E-state index contributed by atoms with van der Waals surface area (Å²) in [5.41, 5.74) is -4.54. The summed E-state index contributed by atoms with van der Waals surface area (Å²) in [6.45, 7) is 1.78. The van der Waals surface area contributed by atoms with Crippen molar-refractivity contribution in [2.24, 2.45) is 5.41 Å². The average Bonchev–Trinajstić information content (AvgIpc) is 2.02. The summed E-state index contributed by atoms with van der Waals surface area (Å²) in [6, 6.07) is 0. The van der Waals surface area contributed by atoms with Gasteiger partial charge in [0.15, 0.2) is 0 Å². The van der Waals surface area contributed by atoms with E-state index in [9.17, 15) is 13.2 Å². The Morgan fingerprint density at radius 1 is 1.15 bits per heavy atom. The zero-order valence-corrected chi connectivity index (χ0v) is 9.45. The molecule has 13 heavy (non-hydrogen) atoms. The maximum atomic E-state index is 11.7. The first-order valence-electron chi connectivity index (χ1n) is 3.65. The molecule has 0 saturated carbocycles. The van der Waals surface area contributed by atoms with Crippen LogP contribution in [0.3, 0.4) is 0 Å². The van der Waals surface area contributed by atoms with Crippen LogP contribution in [0.2, 0.25) is 0 Å². The van der Waals surface area contributed by atoms with Crippen molar-refractivity contribution in [2.45, 2.75) is 18.9 Å². The maximum Gasteiger partial charge on any atom is 0.441 e. The van der Waals surface area contributed by atoms with E-state index in [-0.39, 0.29) is 34.7 Å². The minimum absolute atomic E-state index is 0.0133. The smallest absolute Gasteiger partial charge is 0.160 e. The zero-order chi connectivity index (χ0) is 10.5. The first-order chi connectivity index (χ1) is 5.83. The van der Waals surface area contributed by atoms with Crippen molar-refractivity contribution in [1.29, 1.82) is 0 Å². The van der Waals surface area contributed by atoms with Crippen molar-refractivity contribution in [1.82, 2.24) is 0 Å². The lowest BCUT2D eigenvalue weighted by atomic mass is 9.93. The standard InChI is InChI=1S/C7H11Cl2F3S/c1-6(4-8,5-9)2-3-13-7(10,11)12/h2-5H2,1H3. The summed E-state index contributed by atoms with van der Waals surface area (Å²) < 4.78 is 35.2. The molecule has 0 rings (SSSR count). The summed E-state index contributed by atoms with van der Waals surface area (Å²) in [7, 11) is 0. The quantitative estimate of drug-likeness (QED) is 0.666. The van der Waals surface area contributed by atoms with Gasteiger partial charge in [0.2, 0.25) is 0 Å². The molecule has 0 saturated heterocycles. The Hall–Kier alpha value is 0.720. The normalized spacial score (nSPS) is 13.4. The van der Waals surface area contributed by atoms with Gasteiger partial charge in [0.25, 0.3) is 0 Å². The molecule has 0 radical (unpaired) electrons. The molecule has 0 N–H and O–H groups in total. The average molecular weight is 255 g/mol. The Labute approximate surface area is 90.2 Å². The molecule has 0 nitrogen and oxygen atoms in total. The van der Waals surface area contributed by atoms with Gasteiger partial charge in [-0.1, -0.05) is 18.7 Å². The van der Waals surface area contributed by atoms with Crippen molar-refractivity contribution in [3.05, 3.63) is 0 Å². The maximum absolute atomic E-state index is 11.7. The highest BCUT2D eigenvalue weighted by atomic mass is 35.5. The molecule has 0 aromatic carbocycles. The van der Waals surface area contributed by atoms with Crippen LogP contribution in [0.1, 0.15) is 13.3 Å². The van der Waals surface area contributed by atoms with Gasteiger partial charge in [-0.05, 0) is 11.8 Å². The van der Waals surface area contributed by atoms with Crippen LogP contribution < -0.4 is 0 Å². The van der Waals surface area contributed by atoms with Crippen LogP contribution in [0.15, 0.2) is 0 Å². The van der Waals surface area contributed by atoms with Gasteiger partial charge in [0.1, 0.15) is 0 Å². The minimum Gasteiger partial charge on any atom is -0.160 e. The van der Waals surface area contributed by atoms with E-state index in [1.54, 1.807) is 6.92 Å². The molecule has 0 heterocycles. The van der Waals surface area contributed by atoms with Crippen LogP contribution in [-0.2, 0) is 0 Å². The van der Waals surface area contributed by atoms with E-state index in [4.69, 9.17) is 23.2 Å². The SMILES string of the molecule is CC(CCl)(CCl)CCSC(F)(F)F. The lowest BCUT2D eigenvalue weighted by molar-refractivity contribution is -0.0328. The number of rotatable bonds is 5. The number of halogens is 5. The van der Waals surface area contributed by atoms with Gasteiger partial charge in [-0.25, -0.2) is 0 Å². The van der Waals surface area contributed by atoms with Crippen molar-refractivity contribution in [2.75, 3.05) is 17.5 Å². The van der Waals surface area contributed by atoms with Crippen molar-refractivity contribution >= 4 is 35.0 Å². The number of hydrogen-bond acceptors (Lipinski definition) is 1. The second-order valence-corrected chi connectivity index (χ2v) is 4.82. The van der Waals surface area contributed by atoms with E-state index in [2.05, 4.69) is 0 Å². The van der Waals surface area contributed by atoms with Gasteiger partial charge >= 0.3 is 5.51 Å². The largest absolute Gasteiger partial charge is 0.441 e. The lowest BCUT2D eigenvalue weighted by Crippen LogP contribution is -2.22. The van der Waals surface area contributed by atoms with Gasteiger partial charge in [0, 0.05) is 17.5 Å². The first kappa shape index (κ1) is 13.7. The fourth-order valence-corrected chi connectivity index (χ4v) is 1.96. The van der Waals surface area contributed by atoms with Gasteiger partial charge < -0.3 is 0 Å². The van der Waals surface area contributed by atoms with Gasteiger partial charge in [0.05, 0.1) is 0 Å². The molecule has 0 unspecified atom stereocenters. The third-order valence-corrected chi connectivity index (χ3v) is 3.64. The highest BCUT2D eigenvalue weighted by Gasteiger charge is 2.30. The second kappa shape index (κ2) is 5.56. The third kappa shape index (κ3) is 6.75. The minimum atomic E-state index is -4.15. The first-order valence-corrected chi connectivity index (χ1v) is 5.71. The molecule has 0 amide bonds. The number of hydrogen-bond donors (Lipinski definition) is 0. The molecule has 0 fully saturated rings. The molecule has 0 spiro atoms. The second-order valence-electron chi connectivity index (χ2n) is 3.12. The Kier molecular flexibility index (Phi) is 5.87. The summed E-state index contributed by atoms with van der Waals surface area (Å²) >= 11 is 11.1. The molecule has 0 aliphatic carbocycles. The van der Waals surface area contributed by atoms with Crippen LogP contribution in [0.4, 0.5) is 13.2 Å². The predicted octanol–water partition coefficient (Wildman–Crippen LogP) is 4.11. The van der Waals surface area contributed by atoms with Crippen LogP contribution in [0.25, 0.3) is 0 Å². The van der Waals surface area contributed by atoms with E-state index in [0.717, 1.165) is 0 Å². The molecule has 0 aliphatic rings. The third-order valence-electron chi connectivity index (χ3n) is 1.62. The Bertz CT molecular complexity index is 145. The van der Waals surface area contributed by atoms with Crippen LogP contribution in [-0.4, -0.2) is 23.0 Å².